The van der Waals surface area contributed by atoms with Gasteiger partial charge in [0.1, 0.15) is 11.8 Å². The predicted octanol–water partition coefficient (Wildman–Crippen LogP) is 7.98. The van der Waals surface area contributed by atoms with Crippen LogP contribution >= 0.6 is 11.3 Å². The van der Waals surface area contributed by atoms with Gasteiger partial charge in [-0.25, -0.2) is 0 Å². The molecule has 2 aromatic heterocycles. The fourth-order valence-corrected chi connectivity index (χ4v) is 5.53. The number of nitriles is 1. The Bertz CT molecular complexity index is 1590. The highest BCUT2D eigenvalue weighted by Gasteiger charge is 2.19. The first kappa shape index (κ1) is 30.4. The number of benzene rings is 2. The quantitative estimate of drug-likeness (QED) is 0.0898. The van der Waals surface area contributed by atoms with E-state index in [1.807, 2.05) is 23.6 Å². The van der Waals surface area contributed by atoms with Crippen molar-refractivity contribution in [2.75, 3.05) is 6.54 Å². The maximum Gasteiger partial charge on any atom is 0.251 e. The lowest BCUT2D eigenvalue weighted by Crippen LogP contribution is -2.28. The number of aromatic nitrogens is 1. The van der Waals surface area contributed by atoms with Crippen molar-refractivity contribution < 1.29 is 14.7 Å². The highest BCUT2D eigenvalue weighted by atomic mass is 32.1. The van der Waals surface area contributed by atoms with Crippen LogP contribution in [-0.4, -0.2) is 28.3 Å². The molecule has 4 rings (SSSR count). The van der Waals surface area contributed by atoms with Crippen molar-refractivity contribution in [1.82, 2.24) is 10.3 Å². The molecule has 2 N–H and O–H groups in total. The number of ketones is 1. The molecule has 0 fully saturated rings. The molecule has 0 saturated carbocycles. The van der Waals surface area contributed by atoms with E-state index in [2.05, 4.69) is 24.9 Å². The third kappa shape index (κ3) is 7.80. The number of aryl methyl sites for hydroxylation is 1. The van der Waals surface area contributed by atoms with Crippen molar-refractivity contribution in [2.24, 2.45) is 5.92 Å². The van der Waals surface area contributed by atoms with Gasteiger partial charge in [-0.15, -0.1) is 17.9 Å². The number of phenolic OH excluding ortho intramolecular Hbond substituents is 1. The van der Waals surface area contributed by atoms with Gasteiger partial charge >= 0.3 is 0 Å². The zero-order chi connectivity index (χ0) is 29.9. The summed E-state index contributed by atoms with van der Waals surface area (Å²) in [5, 5.41) is 25.7. The monoisotopic (exact) mass is 577 g/mol. The number of nitrogens with one attached hydrogen (secondary N) is 1. The second kappa shape index (κ2) is 14.9. The number of carbonyl (C=O) groups excluding carboxylic acids is 2. The molecule has 0 aliphatic carbocycles. The standard InChI is InChI=1S/C35H35N3O3S/c1-3-4-5-6-11-24(2)23-37-35(41)26-13-9-12-25(20-26)28-21-31(27-14-7-8-15-32(27)39)38-30(29(28)22-36)17-18-33(40)34-16-10-19-42-34/h3,7-10,12-16,19-21,24,39H,1,4-6,11,17-18,23H2,2H3,(H,37,41). The fraction of sp³-hybridized carbons (Fsp3) is 0.257. The Kier molecular flexibility index (Phi) is 10.8. The predicted molar refractivity (Wildman–Crippen MR) is 169 cm³/mol. The van der Waals surface area contributed by atoms with E-state index in [0.717, 1.165) is 25.7 Å². The Labute approximate surface area is 251 Å². The first-order valence-corrected chi connectivity index (χ1v) is 15.1. The number of hydrogen-bond donors (Lipinski definition) is 2. The number of allylic oxidation sites excluding steroid dienone is 1. The van der Waals surface area contributed by atoms with E-state index in [9.17, 15) is 20.0 Å². The summed E-state index contributed by atoms with van der Waals surface area (Å²) < 4.78 is 0. The van der Waals surface area contributed by atoms with Gasteiger partial charge < -0.3 is 10.4 Å². The van der Waals surface area contributed by atoms with Crippen LogP contribution in [0, 0.1) is 17.2 Å². The van der Waals surface area contributed by atoms with Gasteiger partial charge in [-0.05, 0) is 78.9 Å². The van der Waals surface area contributed by atoms with Gasteiger partial charge in [-0.1, -0.05) is 49.8 Å². The van der Waals surface area contributed by atoms with E-state index in [0.29, 0.717) is 56.5 Å². The molecule has 2 aromatic carbocycles. The summed E-state index contributed by atoms with van der Waals surface area (Å²) in [5.74, 6) is 0.227. The summed E-state index contributed by atoms with van der Waals surface area (Å²) >= 11 is 1.38. The smallest absolute Gasteiger partial charge is 0.251 e. The maximum atomic E-state index is 13.1. The van der Waals surface area contributed by atoms with Crippen LogP contribution in [0.15, 0.2) is 84.8 Å². The Morgan fingerprint density at radius 2 is 1.93 bits per heavy atom. The van der Waals surface area contributed by atoms with E-state index in [-0.39, 0.29) is 30.3 Å². The molecule has 6 nitrogen and oxygen atoms in total. The van der Waals surface area contributed by atoms with Crippen LogP contribution < -0.4 is 5.32 Å². The van der Waals surface area contributed by atoms with Crippen molar-refractivity contribution in [3.05, 3.63) is 106 Å². The SMILES string of the molecule is C=CCCCCC(C)CNC(=O)c1cccc(-c2cc(-c3ccccc3O)nc(CCC(=O)c3cccs3)c2C#N)c1. The number of Topliss-reactive ketones (excluding diaryl/α,β-unsaturated/α-hetero) is 1. The van der Waals surface area contributed by atoms with Crippen molar-refractivity contribution in [2.45, 2.75) is 45.4 Å². The molecule has 4 aromatic rings. The third-order valence-electron chi connectivity index (χ3n) is 7.17. The summed E-state index contributed by atoms with van der Waals surface area (Å²) in [7, 11) is 0. The van der Waals surface area contributed by atoms with Crippen LogP contribution in [0.2, 0.25) is 0 Å². The first-order chi connectivity index (χ1) is 20.4. The number of phenols is 1. The van der Waals surface area contributed by atoms with E-state index < -0.39 is 0 Å². The molecule has 0 bridgehead atoms. The summed E-state index contributed by atoms with van der Waals surface area (Å²) in [6, 6.07) is 21.7. The minimum absolute atomic E-state index is 0.0150. The van der Waals surface area contributed by atoms with Crippen molar-refractivity contribution >= 4 is 23.0 Å². The van der Waals surface area contributed by atoms with E-state index in [1.165, 1.54) is 11.3 Å². The molecular formula is C35H35N3O3S. The molecule has 214 valence electrons. The van der Waals surface area contributed by atoms with Gasteiger partial charge in [0.2, 0.25) is 0 Å². The lowest BCUT2D eigenvalue weighted by molar-refractivity contribution is 0.0945. The molecular weight excluding hydrogens is 542 g/mol. The lowest BCUT2D eigenvalue weighted by atomic mass is 9.93. The van der Waals surface area contributed by atoms with E-state index in [4.69, 9.17) is 4.98 Å². The van der Waals surface area contributed by atoms with Crippen LogP contribution in [0.25, 0.3) is 22.4 Å². The number of hydrogen-bond acceptors (Lipinski definition) is 6. The van der Waals surface area contributed by atoms with Gasteiger partial charge in [0, 0.05) is 29.7 Å². The molecule has 1 amide bonds. The summed E-state index contributed by atoms with van der Waals surface area (Å²) in [6.45, 7) is 6.47. The number of para-hydroxylation sites is 1. The highest BCUT2D eigenvalue weighted by Crippen LogP contribution is 2.34. The van der Waals surface area contributed by atoms with Crippen LogP contribution in [0.4, 0.5) is 0 Å². The Morgan fingerprint density at radius 3 is 2.67 bits per heavy atom. The van der Waals surface area contributed by atoms with E-state index >= 15 is 0 Å². The molecule has 0 saturated heterocycles. The molecule has 7 heteroatoms. The number of pyridine rings is 1. The second-order valence-corrected chi connectivity index (χ2v) is 11.3. The third-order valence-corrected chi connectivity index (χ3v) is 8.08. The molecule has 0 spiro atoms. The summed E-state index contributed by atoms with van der Waals surface area (Å²) in [5.41, 5.74) is 3.59. The number of nitrogens with zero attached hydrogens (tertiary/aromatic N) is 2. The zero-order valence-corrected chi connectivity index (χ0v) is 24.6. The second-order valence-electron chi connectivity index (χ2n) is 10.4. The van der Waals surface area contributed by atoms with Gasteiger partial charge in [0.05, 0.1) is 21.8 Å². The largest absolute Gasteiger partial charge is 0.507 e. The van der Waals surface area contributed by atoms with Crippen LogP contribution in [0.5, 0.6) is 5.75 Å². The Hall–Kier alpha value is -4.54. The number of rotatable bonds is 14. The number of unbranched alkanes of at least 4 members (excludes halogenated alkanes) is 2. The van der Waals surface area contributed by atoms with Gasteiger partial charge in [0.15, 0.2) is 5.78 Å². The normalized spacial score (nSPS) is 11.4. The van der Waals surface area contributed by atoms with Crippen LogP contribution in [0.3, 0.4) is 0 Å². The average molecular weight is 578 g/mol. The number of amides is 1. The topological polar surface area (TPSA) is 103 Å². The number of carbonyl (C=O) groups is 2. The molecule has 0 radical (unpaired) electrons. The minimum atomic E-state index is -0.176. The molecule has 0 aliphatic rings. The molecule has 42 heavy (non-hydrogen) atoms. The zero-order valence-electron chi connectivity index (χ0n) is 23.8. The summed E-state index contributed by atoms with van der Waals surface area (Å²) in [6.07, 6.45) is 6.62. The van der Waals surface area contributed by atoms with Crippen LogP contribution in [0.1, 0.15) is 70.3 Å². The molecule has 1 atom stereocenters. The average Bonchev–Trinajstić information content (AvgIpc) is 3.56. The summed E-state index contributed by atoms with van der Waals surface area (Å²) in [4.78, 5) is 31.3. The maximum absolute atomic E-state index is 13.1. The van der Waals surface area contributed by atoms with Crippen molar-refractivity contribution in [3.63, 3.8) is 0 Å². The Morgan fingerprint density at radius 1 is 1.10 bits per heavy atom. The molecule has 1 unspecified atom stereocenters. The van der Waals surface area contributed by atoms with Gasteiger partial charge in [0.25, 0.3) is 5.91 Å². The van der Waals surface area contributed by atoms with Gasteiger partial charge in [-0.3, -0.25) is 14.6 Å². The van der Waals surface area contributed by atoms with E-state index in [1.54, 1.807) is 54.6 Å². The fourth-order valence-electron chi connectivity index (χ4n) is 4.83. The van der Waals surface area contributed by atoms with Gasteiger partial charge in [-0.2, -0.15) is 5.26 Å². The lowest BCUT2D eigenvalue weighted by Gasteiger charge is -2.15. The number of aromatic hydroxyl groups is 1. The number of thiophene rings is 1. The molecule has 2 heterocycles. The Balaban J connectivity index is 1.64. The van der Waals surface area contributed by atoms with Crippen molar-refractivity contribution in [3.8, 4) is 34.2 Å². The highest BCUT2D eigenvalue weighted by molar-refractivity contribution is 7.12. The first-order valence-electron chi connectivity index (χ1n) is 14.2. The minimum Gasteiger partial charge on any atom is -0.507 e. The molecule has 0 aliphatic heterocycles. The van der Waals surface area contributed by atoms with Crippen LogP contribution in [-0.2, 0) is 6.42 Å². The van der Waals surface area contributed by atoms with Crippen molar-refractivity contribution in [1.29, 1.82) is 5.26 Å².